The van der Waals surface area contributed by atoms with Gasteiger partial charge >= 0.3 is 0 Å². The van der Waals surface area contributed by atoms with E-state index in [9.17, 15) is 15.2 Å². The minimum absolute atomic E-state index is 0.0687. The molecule has 0 saturated carbocycles. The number of phenolic OH excluding ortho intramolecular Hbond substituents is 1. The topological polar surface area (TPSA) is 91.6 Å². The average molecular weight is 499 g/mol. The molecule has 2 atom stereocenters. The predicted octanol–water partition coefficient (Wildman–Crippen LogP) is 6.66. The summed E-state index contributed by atoms with van der Waals surface area (Å²) in [7, 11) is 0. The number of nitrogens with zero attached hydrogens (tertiary/aromatic N) is 1. The van der Waals surface area contributed by atoms with Gasteiger partial charge in [-0.25, -0.2) is 0 Å². The van der Waals surface area contributed by atoms with E-state index >= 15 is 0 Å². The van der Waals surface area contributed by atoms with Crippen LogP contribution in [0, 0.1) is 11.3 Å². The third-order valence-corrected chi connectivity index (χ3v) is 6.67. The van der Waals surface area contributed by atoms with E-state index in [0.29, 0.717) is 30.7 Å². The molecule has 1 aliphatic rings. The van der Waals surface area contributed by atoms with Crippen LogP contribution < -0.4 is 5.32 Å². The number of carbonyl (C=O) groups is 1. The summed E-state index contributed by atoms with van der Waals surface area (Å²) in [5.74, 6) is -0.0769. The van der Waals surface area contributed by atoms with Gasteiger partial charge in [-0.1, -0.05) is 49.7 Å². The number of hydrogen-bond donors (Lipinski definition) is 2. The summed E-state index contributed by atoms with van der Waals surface area (Å²) in [5, 5.41) is 23.4. The molecule has 0 spiro atoms. The molecule has 0 aromatic heterocycles. The van der Waals surface area contributed by atoms with Crippen molar-refractivity contribution in [1.29, 1.82) is 5.26 Å². The van der Waals surface area contributed by atoms with Crippen molar-refractivity contribution in [3.05, 3.63) is 94.0 Å². The zero-order valence-corrected chi connectivity index (χ0v) is 21.5. The molecule has 0 aliphatic carbocycles. The number of ketones is 1. The van der Waals surface area contributed by atoms with Crippen LogP contribution in [0.3, 0.4) is 0 Å². The maximum atomic E-state index is 11.8. The quantitative estimate of drug-likeness (QED) is 0.304. The van der Waals surface area contributed by atoms with Crippen molar-refractivity contribution in [2.45, 2.75) is 64.9 Å². The van der Waals surface area contributed by atoms with E-state index in [1.54, 1.807) is 12.1 Å². The summed E-state index contributed by atoms with van der Waals surface area (Å²) in [4.78, 5) is 11.8. The normalized spacial score (nSPS) is 16.1. The van der Waals surface area contributed by atoms with Gasteiger partial charge in [0, 0.05) is 24.4 Å². The molecule has 0 amide bonds. The Morgan fingerprint density at radius 2 is 1.97 bits per heavy atom. The van der Waals surface area contributed by atoms with Gasteiger partial charge in [-0.2, -0.15) is 5.26 Å². The van der Waals surface area contributed by atoms with Crippen molar-refractivity contribution in [2.24, 2.45) is 0 Å². The Morgan fingerprint density at radius 1 is 1.16 bits per heavy atom. The number of hydrogen-bond acceptors (Lipinski definition) is 6. The number of nitriles is 1. The highest BCUT2D eigenvalue weighted by atomic mass is 16.7. The summed E-state index contributed by atoms with van der Waals surface area (Å²) in [6.45, 7) is 4.78. The molecule has 3 aromatic carbocycles. The molecule has 0 bridgehead atoms. The van der Waals surface area contributed by atoms with Crippen molar-refractivity contribution in [3.8, 4) is 11.8 Å². The van der Waals surface area contributed by atoms with Crippen molar-refractivity contribution in [3.63, 3.8) is 0 Å². The van der Waals surface area contributed by atoms with Crippen LogP contribution in [0.1, 0.15) is 83.8 Å². The van der Waals surface area contributed by atoms with Crippen LogP contribution >= 0.6 is 0 Å². The van der Waals surface area contributed by atoms with E-state index in [2.05, 4.69) is 23.5 Å². The van der Waals surface area contributed by atoms with Gasteiger partial charge in [0.05, 0.1) is 17.2 Å². The van der Waals surface area contributed by atoms with Gasteiger partial charge in [0.1, 0.15) is 11.9 Å². The molecule has 4 rings (SSSR count). The second-order valence-corrected chi connectivity index (χ2v) is 9.44. The van der Waals surface area contributed by atoms with Gasteiger partial charge < -0.3 is 19.9 Å². The van der Waals surface area contributed by atoms with E-state index in [4.69, 9.17) is 9.47 Å². The van der Waals surface area contributed by atoms with E-state index in [0.717, 1.165) is 53.6 Å². The largest absolute Gasteiger partial charge is 0.507 e. The standard InChI is InChI=1S/C31H34N2O4/c1-3-7-27-28(16-15-26(21(2)34)30(27)35)33-20-22-11-13-24(14-12-22)31(37-29-10-4-5-17-36-29)25-9-6-8-23(18-25)19-32/h6,8-9,11-16,18,29,31,33,35H,3-5,7,10,17,20H2,1-2H3. The number of aromatic hydroxyl groups is 1. The highest BCUT2D eigenvalue weighted by Gasteiger charge is 2.23. The van der Waals surface area contributed by atoms with Crippen LogP contribution in [-0.2, 0) is 22.4 Å². The van der Waals surface area contributed by atoms with E-state index in [-0.39, 0.29) is 23.9 Å². The van der Waals surface area contributed by atoms with Crippen molar-refractivity contribution < 1.29 is 19.4 Å². The van der Waals surface area contributed by atoms with Crippen molar-refractivity contribution in [2.75, 3.05) is 11.9 Å². The molecule has 1 saturated heterocycles. The maximum Gasteiger partial charge on any atom is 0.163 e. The molecule has 0 radical (unpaired) electrons. The second kappa shape index (κ2) is 12.5. The first kappa shape index (κ1) is 26.4. The Morgan fingerprint density at radius 3 is 2.65 bits per heavy atom. The lowest BCUT2D eigenvalue weighted by atomic mass is 9.98. The molecular weight excluding hydrogens is 464 g/mol. The number of ether oxygens (including phenoxy) is 2. The Bertz CT molecular complexity index is 1260. The summed E-state index contributed by atoms with van der Waals surface area (Å²) < 4.78 is 12.3. The van der Waals surface area contributed by atoms with Gasteiger partial charge in [0.15, 0.2) is 12.1 Å². The molecule has 192 valence electrons. The number of phenols is 1. The van der Waals surface area contributed by atoms with Crippen LogP contribution in [0.15, 0.2) is 60.7 Å². The summed E-state index contributed by atoms with van der Waals surface area (Å²) in [6.07, 6.45) is 3.90. The molecule has 2 N–H and O–H groups in total. The second-order valence-electron chi connectivity index (χ2n) is 9.44. The molecule has 37 heavy (non-hydrogen) atoms. The summed E-state index contributed by atoms with van der Waals surface area (Å²) in [6, 6.07) is 21.5. The zero-order chi connectivity index (χ0) is 26.2. The fourth-order valence-electron chi connectivity index (χ4n) is 4.69. The predicted molar refractivity (Wildman–Crippen MR) is 144 cm³/mol. The number of Topliss-reactive ketones (excluding diaryl/α,β-unsaturated/α-hetero) is 1. The monoisotopic (exact) mass is 498 g/mol. The number of carbonyl (C=O) groups excluding carboxylic acids is 1. The third kappa shape index (κ3) is 6.56. The SMILES string of the molecule is CCCc1c(NCc2ccc(C(OC3CCCCO3)c3cccc(C#N)c3)cc2)ccc(C(C)=O)c1O. The molecule has 6 heteroatoms. The fraction of sp³-hybridized carbons (Fsp3) is 0.355. The number of anilines is 1. The van der Waals surface area contributed by atoms with Crippen LogP contribution in [0.5, 0.6) is 5.75 Å². The third-order valence-electron chi connectivity index (χ3n) is 6.67. The number of rotatable bonds is 10. The van der Waals surface area contributed by atoms with E-state index < -0.39 is 0 Å². The van der Waals surface area contributed by atoms with E-state index in [1.807, 2.05) is 43.3 Å². The lowest BCUT2D eigenvalue weighted by Crippen LogP contribution is -2.25. The Labute approximate surface area is 218 Å². The lowest BCUT2D eigenvalue weighted by Gasteiger charge is -2.28. The molecule has 6 nitrogen and oxygen atoms in total. The van der Waals surface area contributed by atoms with Gasteiger partial charge in [0.25, 0.3) is 0 Å². The summed E-state index contributed by atoms with van der Waals surface area (Å²) >= 11 is 0. The molecule has 1 aliphatic heterocycles. The molecule has 1 fully saturated rings. The fourth-order valence-corrected chi connectivity index (χ4v) is 4.69. The Kier molecular flexibility index (Phi) is 8.95. The zero-order valence-electron chi connectivity index (χ0n) is 21.5. The highest BCUT2D eigenvalue weighted by molar-refractivity contribution is 5.97. The molecule has 3 aromatic rings. The minimum Gasteiger partial charge on any atom is -0.507 e. The lowest BCUT2D eigenvalue weighted by molar-refractivity contribution is -0.181. The smallest absolute Gasteiger partial charge is 0.163 e. The highest BCUT2D eigenvalue weighted by Crippen LogP contribution is 2.33. The molecule has 1 heterocycles. The average Bonchev–Trinajstić information content (AvgIpc) is 2.93. The summed E-state index contributed by atoms with van der Waals surface area (Å²) in [5.41, 5.74) is 5.53. The minimum atomic E-state index is -0.342. The van der Waals surface area contributed by atoms with Crippen LogP contribution in [-0.4, -0.2) is 23.8 Å². The van der Waals surface area contributed by atoms with Crippen LogP contribution in [0.2, 0.25) is 0 Å². The first-order chi connectivity index (χ1) is 18.0. The Hall–Kier alpha value is -3.66. The van der Waals surface area contributed by atoms with Gasteiger partial charge in [0.2, 0.25) is 0 Å². The van der Waals surface area contributed by atoms with Gasteiger partial charge in [-0.3, -0.25) is 4.79 Å². The Balaban J connectivity index is 1.53. The first-order valence-corrected chi connectivity index (χ1v) is 13.0. The molecular formula is C31H34N2O4. The van der Waals surface area contributed by atoms with E-state index in [1.165, 1.54) is 6.92 Å². The first-order valence-electron chi connectivity index (χ1n) is 13.0. The molecule has 2 unspecified atom stereocenters. The van der Waals surface area contributed by atoms with Crippen LogP contribution in [0.25, 0.3) is 0 Å². The van der Waals surface area contributed by atoms with Crippen molar-refractivity contribution >= 4 is 11.5 Å². The van der Waals surface area contributed by atoms with Gasteiger partial charge in [-0.05, 0) is 73.6 Å². The van der Waals surface area contributed by atoms with Crippen LogP contribution in [0.4, 0.5) is 5.69 Å². The van der Waals surface area contributed by atoms with Gasteiger partial charge in [-0.15, -0.1) is 0 Å². The maximum absolute atomic E-state index is 11.8. The number of nitrogens with one attached hydrogen (secondary N) is 1. The van der Waals surface area contributed by atoms with Crippen molar-refractivity contribution in [1.82, 2.24) is 0 Å². The number of benzene rings is 3.